The van der Waals surface area contributed by atoms with Gasteiger partial charge in [-0.1, -0.05) is 0 Å². The summed E-state index contributed by atoms with van der Waals surface area (Å²) in [7, 11) is -3.66. The van der Waals surface area contributed by atoms with Crippen LogP contribution in [-0.2, 0) is 10.0 Å². The van der Waals surface area contributed by atoms with Crippen molar-refractivity contribution in [3.8, 4) is 11.5 Å². The number of anilines is 1. The Hall–Kier alpha value is -2.00. The summed E-state index contributed by atoms with van der Waals surface area (Å²) in [4.78, 5) is 11.7. The van der Waals surface area contributed by atoms with Gasteiger partial charge in [-0.25, -0.2) is 18.4 Å². The predicted molar refractivity (Wildman–Crippen MR) is 77.0 cm³/mol. The maximum atomic E-state index is 11.7. The van der Waals surface area contributed by atoms with Gasteiger partial charge in [0.25, 0.3) is 0 Å². The van der Waals surface area contributed by atoms with E-state index in [9.17, 15) is 13.2 Å². The summed E-state index contributed by atoms with van der Waals surface area (Å²) >= 11 is 0. The molecule has 8 nitrogen and oxygen atoms in total. The normalized spacial score (nSPS) is 15.1. The summed E-state index contributed by atoms with van der Waals surface area (Å²) in [6.45, 7) is 2.29. The van der Waals surface area contributed by atoms with Crippen molar-refractivity contribution in [3.63, 3.8) is 0 Å². The number of urea groups is 1. The number of rotatable bonds is 4. The Morgan fingerprint density at radius 1 is 1.33 bits per heavy atom. The molecule has 1 heterocycles. The van der Waals surface area contributed by atoms with Gasteiger partial charge in [-0.3, -0.25) is 0 Å². The van der Waals surface area contributed by atoms with E-state index in [2.05, 4.69) is 10.6 Å². The molecule has 1 unspecified atom stereocenters. The van der Waals surface area contributed by atoms with Gasteiger partial charge in [-0.15, -0.1) is 0 Å². The quantitative estimate of drug-likeness (QED) is 0.736. The third-order valence-corrected chi connectivity index (χ3v) is 4.20. The minimum Gasteiger partial charge on any atom is -0.486 e. The molecule has 1 aromatic rings. The Balaban J connectivity index is 1.91. The average molecular weight is 315 g/mol. The second kappa shape index (κ2) is 6.19. The van der Waals surface area contributed by atoms with Crippen molar-refractivity contribution in [2.24, 2.45) is 5.14 Å². The number of benzene rings is 1. The molecule has 0 saturated carbocycles. The van der Waals surface area contributed by atoms with E-state index in [1.54, 1.807) is 18.2 Å². The Morgan fingerprint density at radius 2 is 2.00 bits per heavy atom. The molecule has 1 atom stereocenters. The van der Waals surface area contributed by atoms with Crippen molar-refractivity contribution in [1.82, 2.24) is 5.32 Å². The maximum absolute atomic E-state index is 11.7. The van der Waals surface area contributed by atoms with Crippen molar-refractivity contribution in [2.75, 3.05) is 25.1 Å². The van der Waals surface area contributed by atoms with E-state index in [0.29, 0.717) is 30.4 Å². The largest absolute Gasteiger partial charge is 0.486 e. The molecule has 0 fully saturated rings. The number of fused-ring (bicyclic) bond motifs is 1. The molecule has 0 aliphatic carbocycles. The topological polar surface area (TPSA) is 120 Å². The lowest BCUT2D eigenvalue weighted by atomic mass is 10.2. The van der Waals surface area contributed by atoms with Gasteiger partial charge in [0, 0.05) is 18.3 Å². The van der Waals surface area contributed by atoms with Gasteiger partial charge >= 0.3 is 6.03 Å². The molecule has 9 heteroatoms. The number of sulfonamides is 1. The van der Waals surface area contributed by atoms with Crippen LogP contribution in [0.15, 0.2) is 18.2 Å². The Morgan fingerprint density at radius 3 is 2.67 bits per heavy atom. The molecule has 116 valence electrons. The van der Waals surface area contributed by atoms with Gasteiger partial charge in [0.1, 0.15) is 13.2 Å². The summed E-state index contributed by atoms with van der Waals surface area (Å²) < 4.78 is 32.8. The number of nitrogens with two attached hydrogens (primary N) is 1. The minimum absolute atomic E-state index is 0.0742. The van der Waals surface area contributed by atoms with Gasteiger partial charge in [0.05, 0.1) is 5.25 Å². The van der Waals surface area contributed by atoms with Gasteiger partial charge in [0.2, 0.25) is 10.0 Å². The van der Waals surface area contributed by atoms with Gasteiger partial charge < -0.3 is 20.1 Å². The van der Waals surface area contributed by atoms with Crippen LogP contribution in [0.25, 0.3) is 0 Å². The minimum atomic E-state index is -3.66. The van der Waals surface area contributed by atoms with Gasteiger partial charge in [0.15, 0.2) is 11.5 Å². The third kappa shape index (κ3) is 4.23. The summed E-state index contributed by atoms with van der Waals surface area (Å²) in [6.07, 6.45) is 0. The molecule has 0 spiro atoms. The molecule has 2 rings (SSSR count). The first-order valence-corrected chi connectivity index (χ1v) is 7.93. The maximum Gasteiger partial charge on any atom is 0.319 e. The molecule has 1 aliphatic rings. The lowest BCUT2D eigenvalue weighted by molar-refractivity contribution is 0.171. The highest BCUT2D eigenvalue weighted by Crippen LogP contribution is 2.32. The zero-order valence-electron chi connectivity index (χ0n) is 11.5. The molecule has 1 aliphatic heterocycles. The number of nitrogens with one attached hydrogen (secondary N) is 2. The molecule has 0 aromatic heterocycles. The lowest BCUT2D eigenvalue weighted by Gasteiger charge is -2.19. The van der Waals surface area contributed by atoms with Crippen LogP contribution >= 0.6 is 0 Å². The van der Waals surface area contributed by atoms with Crippen LogP contribution in [0.3, 0.4) is 0 Å². The molecule has 0 radical (unpaired) electrons. The van der Waals surface area contributed by atoms with E-state index in [1.807, 2.05) is 0 Å². The molecule has 2 amide bonds. The van der Waals surface area contributed by atoms with E-state index in [4.69, 9.17) is 14.6 Å². The molecular weight excluding hydrogens is 298 g/mol. The summed E-state index contributed by atoms with van der Waals surface area (Å²) in [5, 5.41) is 9.12. The summed E-state index contributed by atoms with van der Waals surface area (Å²) in [6, 6.07) is 4.46. The molecule has 0 saturated heterocycles. The number of primary sulfonamides is 1. The highest BCUT2D eigenvalue weighted by molar-refractivity contribution is 7.89. The first kappa shape index (κ1) is 15.4. The molecule has 21 heavy (non-hydrogen) atoms. The van der Waals surface area contributed by atoms with E-state index in [0.717, 1.165) is 0 Å². The van der Waals surface area contributed by atoms with Crippen molar-refractivity contribution < 1.29 is 22.7 Å². The van der Waals surface area contributed by atoms with Crippen LogP contribution in [0.2, 0.25) is 0 Å². The zero-order chi connectivity index (χ0) is 15.5. The first-order chi connectivity index (χ1) is 9.86. The van der Waals surface area contributed by atoms with E-state index < -0.39 is 21.3 Å². The van der Waals surface area contributed by atoms with E-state index in [-0.39, 0.29) is 6.54 Å². The highest BCUT2D eigenvalue weighted by atomic mass is 32.2. The highest BCUT2D eigenvalue weighted by Gasteiger charge is 2.17. The fraction of sp³-hybridized carbons (Fsp3) is 0.417. The smallest absolute Gasteiger partial charge is 0.319 e. The first-order valence-electron chi connectivity index (χ1n) is 6.32. The third-order valence-electron chi connectivity index (χ3n) is 2.91. The number of carbonyl (C=O) groups is 1. The monoisotopic (exact) mass is 315 g/mol. The molecule has 1 aromatic carbocycles. The Kier molecular flexibility index (Phi) is 4.53. The van der Waals surface area contributed by atoms with Crippen LogP contribution in [0, 0.1) is 0 Å². The van der Waals surface area contributed by atoms with Crippen LogP contribution in [0.5, 0.6) is 11.5 Å². The van der Waals surface area contributed by atoms with Gasteiger partial charge in [-0.2, -0.15) is 0 Å². The number of hydrogen-bond acceptors (Lipinski definition) is 5. The predicted octanol–water partition coefficient (Wildman–Crippen LogP) is 0.256. The number of ether oxygens (including phenoxy) is 2. The zero-order valence-corrected chi connectivity index (χ0v) is 12.3. The SMILES string of the molecule is CC(CNC(=O)Nc1ccc2c(c1)OCCO2)S(N)(=O)=O. The van der Waals surface area contributed by atoms with Crippen molar-refractivity contribution in [2.45, 2.75) is 12.2 Å². The van der Waals surface area contributed by atoms with Gasteiger partial charge in [-0.05, 0) is 19.1 Å². The van der Waals surface area contributed by atoms with Crippen LogP contribution in [-0.4, -0.2) is 39.5 Å². The Labute approximate surface area is 122 Å². The van der Waals surface area contributed by atoms with Crippen molar-refractivity contribution >= 4 is 21.7 Å². The fourth-order valence-corrected chi connectivity index (χ4v) is 1.96. The molecular formula is C12H17N3O5S. The molecule has 4 N–H and O–H groups in total. The second-order valence-corrected chi connectivity index (χ2v) is 6.58. The fourth-order valence-electron chi connectivity index (χ4n) is 1.65. The lowest BCUT2D eigenvalue weighted by Crippen LogP contribution is -2.39. The number of carbonyl (C=O) groups excluding carboxylic acids is 1. The van der Waals surface area contributed by atoms with Crippen LogP contribution in [0.4, 0.5) is 10.5 Å². The molecule has 0 bridgehead atoms. The van der Waals surface area contributed by atoms with Crippen molar-refractivity contribution in [1.29, 1.82) is 0 Å². The number of amides is 2. The Bertz CT molecular complexity index is 632. The summed E-state index contributed by atoms with van der Waals surface area (Å²) in [5.41, 5.74) is 0.514. The average Bonchev–Trinajstić information content (AvgIpc) is 2.43. The standard InChI is InChI=1S/C12H17N3O5S/c1-8(21(13,17)18)7-14-12(16)15-9-2-3-10-11(6-9)20-5-4-19-10/h2-3,6,8H,4-5,7H2,1H3,(H2,13,17,18)(H2,14,15,16). The van der Waals surface area contributed by atoms with E-state index >= 15 is 0 Å². The number of hydrogen-bond donors (Lipinski definition) is 3. The van der Waals surface area contributed by atoms with E-state index in [1.165, 1.54) is 6.92 Å². The van der Waals surface area contributed by atoms with Crippen LogP contribution < -0.4 is 25.2 Å². The summed E-state index contributed by atoms with van der Waals surface area (Å²) in [5.74, 6) is 1.17. The van der Waals surface area contributed by atoms with Crippen LogP contribution in [0.1, 0.15) is 6.92 Å². The van der Waals surface area contributed by atoms with Crippen molar-refractivity contribution in [3.05, 3.63) is 18.2 Å². The second-order valence-electron chi connectivity index (χ2n) is 4.59.